The fraction of sp³-hybridized carbons (Fsp3) is 0.417. The molecular formula is C24H29F2N3O. The average molecular weight is 414 g/mol. The summed E-state index contributed by atoms with van der Waals surface area (Å²) in [6.07, 6.45) is 2.29. The van der Waals surface area contributed by atoms with E-state index >= 15 is 0 Å². The van der Waals surface area contributed by atoms with Crippen molar-refractivity contribution < 1.29 is 13.5 Å². The number of benzene rings is 2. The van der Waals surface area contributed by atoms with E-state index in [1.165, 1.54) is 18.7 Å². The summed E-state index contributed by atoms with van der Waals surface area (Å²) in [6, 6.07) is 8.67. The van der Waals surface area contributed by atoms with E-state index in [2.05, 4.69) is 33.4 Å². The van der Waals surface area contributed by atoms with Gasteiger partial charge in [-0.05, 0) is 75.1 Å². The molecule has 0 atom stereocenters. The van der Waals surface area contributed by atoms with Gasteiger partial charge < -0.3 is 19.9 Å². The molecule has 0 aliphatic carbocycles. The summed E-state index contributed by atoms with van der Waals surface area (Å²) < 4.78 is 33.4. The molecule has 4 rings (SSSR count). The number of rotatable bonds is 6. The summed E-state index contributed by atoms with van der Waals surface area (Å²) in [6.45, 7) is 6.32. The predicted octanol–water partition coefficient (Wildman–Crippen LogP) is 4.83. The Hall–Kier alpha value is -2.44. The third-order valence-corrected chi connectivity index (χ3v) is 6.30. The first-order valence-corrected chi connectivity index (χ1v) is 10.5. The van der Waals surface area contributed by atoms with Crippen molar-refractivity contribution in [2.24, 2.45) is 0 Å². The van der Waals surface area contributed by atoms with E-state index in [9.17, 15) is 8.78 Å². The molecule has 4 nitrogen and oxygen atoms in total. The van der Waals surface area contributed by atoms with Gasteiger partial charge in [0.05, 0.1) is 12.8 Å². The second-order valence-corrected chi connectivity index (χ2v) is 8.12. The second-order valence-electron chi connectivity index (χ2n) is 8.12. The van der Waals surface area contributed by atoms with Crippen molar-refractivity contribution in [2.45, 2.75) is 25.7 Å². The van der Waals surface area contributed by atoms with E-state index in [0.717, 1.165) is 61.6 Å². The number of aromatic nitrogens is 1. The molecular weight excluding hydrogens is 384 g/mol. The molecule has 1 saturated heterocycles. The van der Waals surface area contributed by atoms with Gasteiger partial charge in [0.25, 0.3) is 0 Å². The third kappa shape index (κ3) is 3.94. The quantitative estimate of drug-likeness (QED) is 0.608. The Morgan fingerprint density at radius 3 is 2.63 bits per heavy atom. The number of hydrogen-bond acceptors (Lipinski definition) is 3. The van der Waals surface area contributed by atoms with Crippen molar-refractivity contribution in [2.75, 3.05) is 40.3 Å². The number of methoxy groups -OCH3 is 1. The van der Waals surface area contributed by atoms with Gasteiger partial charge in [-0.15, -0.1) is 0 Å². The third-order valence-electron chi connectivity index (χ3n) is 6.30. The minimum absolute atomic E-state index is 0.0558. The number of ether oxygens (including phenoxy) is 1. The zero-order valence-corrected chi connectivity index (χ0v) is 17.8. The van der Waals surface area contributed by atoms with Gasteiger partial charge in [0.1, 0.15) is 5.82 Å². The molecule has 0 radical (unpaired) electrons. The lowest BCUT2D eigenvalue weighted by Gasteiger charge is -2.32. The zero-order valence-electron chi connectivity index (χ0n) is 17.8. The van der Waals surface area contributed by atoms with Crippen LogP contribution >= 0.6 is 0 Å². The molecule has 1 aliphatic heterocycles. The molecule has 160 valence electrons. The molecule has 0 spiro atoms. The van der Waals surface area contributed by atoms with Gasteiger partial charge in [0, 0.05) is 35.6 Å². The molecule has 2 N–H and O–H groups in total. The lowest BCUT2D eigenvalue weighted by molar-refractivity contribution is 0.214. The number of likely N-dealkylation sites (tertiary alicyclic amines) is 1. The summed E-state index contributed by atoms with van der Waals surface area (Å²) in [5.74, 6) is -0.720. The summed E-state index contributed by atoms with van der Waals surface area (Å²) >= 11 is 0. The first-order chi connectivity index (χ1) is 14.5. The Morgan fingerprint density at radius 1 is 1.17 bits per heavy atom. The van der Waals surface area contributed by atoms with E-state index in [1.807, 2.05) is 14.0 Å². The summed E-state index contributed by atoms with van der Waals surface area (Å²) in [5, 5.41) is 4.30. The largest absolute Gasteiger partial charge is 0.493 e. The maximum atomic E-state index is 14.2. The molecule has 0 bridgehead atoms. The lowest BCUT2D eigenvalue weighted by Crippen LogP contribution is -2.37. The van der Waals surface area contributed by atoms with Gasteiger partial charge in [-0.2, -0.15) is 0 Å². The lowest BCUT2D eigenvalue weighted by atomic mass is 9.88. The Balaban J connectivity index is 1.64. The van der Waals surface area contributed by atoms with Crippen LogP contribution in [0.3, 0.4) is 0 Å². The zero-order chi connectivity index (χ0) is 21.3. The fourth-order valence-corrected chi connectivity index (χ4v) is 4.58. The van der Waals surface area contributed by atoms with Crippen molar-refractivity contribution in [3.05, 3.63) is 53.1 Å². The smallest absolute Gasteiger partial charge is 0.168 e. The van der Waals surface area contributed by atoms with Crippen molar-refractivity contribution in [1.82, 2.24) is 15.2 Å². The summed E-state index contributed by atoms with van der Waals surface area (Å²) in [7, 11) is 3.39. The maximum Gasteiger partial charge on any atom is 0.168 e. The second kappa shape index (κ2) is 8.74. The molecule has 3 aromatic rings. The first-order valence-electron chi connectivity index (χ1n) is 10.5. The molecule has 2 aromatic carbocycles. The molecule has 6 heteroatoms. The van der Waals surface area contributed by atoms with Gasteiger partial charge in [-0.1, -0.05) is 6.07 Å². The van der Waals surface area contributed by atoms with Crippen LogP contribution in [0.1, 0.15) is 29.9 Å². The van der Waals surface area contributed by atoms with Crippen LogP contribution in [0.2, 0.25) is 0 Å². The molecule has 2 heterocycles. The SMILES string of the molecule is CNCCN1CCC(c2ccc3[nH]c(-c4cc(F)cc(F)c4OC)c(C)c3c2)CC1. The number of fused-ring (bicyclic) bond motifs is 1. The average Bonchev–Trinajstić information content (AvgIpc) is 3.08. The van der Waals surface area contributed by atoms with Gasteiger partial charge in [0.15, 0.2) is 11.6 Å². The van der Waals surface area contributed by atoms with Crippen LogP contribution in [0, 0.1) is 18.6 Å². The highest BCUT2D eigenvalue weighted by Gasteiger charge is 2.22. The van der Waals surface area contributed by atoms with E-state index in [4.69, 9.17) is 4.74 Å². The number of halogens is 2. The Bertz CT molecular complexity index is 1040. The molecule has 0 unspecified atom stereocenters. The number of piperidine rings is 1. The van der Waals surface area contributed by atoms with Crippen LogP contribution in [0.15, 0.2) is 30.3 Å². The van der Waals surface area contributed by atoms with Gasteiger partial charge >= 0.3 is 0 Å². The van der Waals surface area contributed by atoms with Gasteiger partial charge in [-0.3, -0.25) is 0 Å². The topological polar surface area (TPSA) is 40.3 Å². The fourth-order valence-electron chi connectivity index (χ4n) is 4.58. The molecule has 0 amide bonds. The van der Waals surface area contributed by atoms with E-state index < -0.39 is 11.6 Å². The highest BCUT2D eigenvalue weighted by molar-refractivity contribution is 5.92. The number of nitrogens with zero attached hydrogens (tertiary/aromatic N) is 1. The van der Waals surface area contributed by atoms with E-state index in [0.29, 0.717) is 17.2 Å². The highest BCUT2D eigenvalue weighted by atomic mass is 19.1. The number of H-pyrrole nitrogens is 1. The number of aromatic amines is 1. The Labute approximate surface area is 176 Å². The number of aryl methyl sites for hydroxylation is 1. The minimum atomic E-state index is -0.698. The van der Waals surface area contributed by atoms with Gasteiger partial charge in [-0.25, -0.2) is 8.78 Å². The number of hydrogen-bond donors (Lipinski definition) is 2. The summed E-state index contributed by atoms with van der Waals surface area (Å²) in [5.41, 5.74) is 4.37. The van der Waals surface area contributed by atoms with Crippen LogP contribution in [-0.2, 0) is 0 Å². The van der Waals surface area contributed by atoms with Crippen molar-refractivity contribution >= 4 is 10.9 Å². The Morgan fingerprint density at radius 2 is 1.93 bits per heavy atom. The van der Waals surface area contributed by atoms with E-state index in [1.54, 1.807) is 0 Å². The normalized spacial score (nSPS) is 15.8. The van der Waals surface area contributed by atoms with Gasteiger partial charge in [0.2, 0.25) is 0 Å². The maximum absolute atomic E-state index is 14.2. The summed E-state index contributed by atoms with van der Waals surface area (Å²) in [4.78, 5) is 5.85. The first kappa shape index (κ1) is 20.8. The highest BCUT2D eigenvalue weighted by Crippen LogP contribution is 2.39. The minimum Gasteiger partial charge on any atom is -0.493 e. The van der Waals surface area contributed by atoms with Crippen molar-refractivity contribution in [3.63, 3.8) is 0 Å². The van der Waals surface area contributed by atoms with E-state index in [-0.39, 0.29) is 5.75 Å². The molecule has 1 aromatic heterocycles. The number of likely N-dealkylation sites (N-methyl/N-ethyl adjacent to an activating group) is 1. The Kier molecular flexibility index (Phi) is 6.06. The van der Waals surface area contributed by atoms with Crippen LogP contribution in [-0.4, -0.2) is 50.2 Å². The predicted molar refractivity (Wildman–Crippen MR) is 117 cm³/mol. The van der Waals surface area contributed by atoms with Crippen molar-refractivity contribution in [1.29, 1.82) is 0 Å². The molecule has 0 saturated carbocycles. The van der Waals surface area contributed by atoms with Crippen molar-refractivity contribution in [3.8, 4) is 17.0 Å². The van der Waals surface area contributed by atoms with Crippen LogP contribution < -0.4 is 10.1 Å². The van der Waals surface area contributed by atoms with Crippen LogP contribution in [0.25, 0.3) is 22.2 Å². The monoisotopic (exact) mass is 413 g/mol. The standard InChI is InChI=1S/C24H29F2N3O/c1-15-19-12-17(16-6-9-29(10-7-16)11-8-27-2)4-5-22(19)28-23(15)20-13-18(25)14-21(26)24(20)30-3/h4-5,12-14,16,27-28H,6-11H2,1-3H3. The number of nitrogens with one attached hydrogen (secondary N) is 2. The van der Waals surface area contributed by atoms with Crippen LogP contribution in [0.5, 0.6) is 5.75 Å². The molecule has 1 aliphatic rings. The van der Waals surface area contributed by atoms with Crippen LogP contribution in [0.4, 0.5) is 8.78 Å². The molecule has 1 fully saturated rings. The molecule has 30 heavy (non-hydrogen) atoms.